The molecule has 0 saturated heterocycles. The fourth-order valence-corrected chi connectivity index (χ4v) is 1.48. The monoisotopic (exact) mass is 235 g/mol. The lowest BCUT2D eigenvalue weighted by Gasteiger charge is -2.09. The largest absolute Gasteiger partial charge is 0.368 e. The van der Waals surface area contributed by atoms with E-state index < -0.39 is 0 Å². The molecule has 0 aliphatic carbocycles. The van der Waals surface area contributed by atoms with E-state index in [1.807, 2.05) is 24.3 Å². The molecule has 0 radical (unpaired) electrons. The van der Waals surface area contributed by atoms with Crippen LogP contribution in [0, 0.1) is 5.92 Å². The van der Waals surface area contributed by atoms with Crippen molar-refractivity contribution >= 4 is 28.5 Å². The quantitative estimate of drug-likeness (QED) is 0.829. The van der Waals surface area contributed by atoms with Crippen molar-refractivity contribution < 1.29 is 0 Å². The summed E-state index contributed by atoms with van der Waals surface area (Å²) in [5.74, 6) is 1.87. The topological polar surface area (TPSA) is 37.8 Å². The number of nitrogens with zero attached hydrogens (tertiary/aromatic N) is 2. The van der Waals surface area contributed by atoms with E-state index in [1.54, 1.807) is 6.20 Å². The van der Waals surface area contributed by atoms with Crippen molar-refractivity contribution in [1.29, 1.82) is 0 Å². The Labute approximate surface area is 99.9 Å². The van der Waals surface area contributed by atoms with Crippen molar-refractivity contribution in [3.8, 4) is 0 Å². The molecular weight excluding hydrogens is 222 g/mol. The summed E-state index contributed by atoms with van der Waals surface area (Å²) >= 11 is 5.74. The molecule has 3 nitrogen and oxygen atoms in total. The second kappa shape index (κ2) is 5.12. The third-order valence-electron chi connectivity index (χ3n) is 2.34. The van der Waals surface area contributed by atoms with Crippen LogP contribution in [0.4, 0.5) is 5.82 Å². The molecule has 4 heteroatoms. The highest BCUT2D eigenvalue weighted by atomic mass is 35.5. The summed E-state index contributed by atoms with van der Waals surface area (Å²) < 4.78 is 0. The number of aromatic nitrogens is 2. The summed E-state index contributed by atoms with van der Waals surface area (Å²) in [5, 5.41) is 3.23. The Morgan fingerprint density at radius 2 is 2.06 bits per heavy atom. The van der Waals surface area contributed by atoms with Gasteiger partial charge in [0.25, 0.3) is 0 Å². The molecule has 2 rings (SSSR count). The van der Waals surface area contributed by atoms with Crippen molar-refractivity contribution in [1.82, 2.24) is 9.97 Å². The van der Waals surface area contributed by atoms with Crippen LogP contribution in [0.1, 0.15) is 6.92 Å². The van der Waals surface area contributed by atoms with Crippen molar-refractivity contribution in [3.63, 3.8) is 0 Å². The van der Waals surface area contributed by atoms with Gasteiger partial charge in [0.15, 0.2) is 0 Å². The van der Waals surface area contributed by atoms with Crippen LogP contribution in [0.3, 0.4) is 0 Å². The molecule has 1 aromatic carbocycles. The summed E-state index contributed by atoms with van der Waals surface area (Å²) in [6, 6.07) is 7.83. The van der Waals surface area contributed by atoms with E-state index in [0.717, 1.165) is 23.4 Å². The van der Waals surface area contributed by atoms with Gasteiger partial charge in [-0.1, -0.05) is 19.1 Å². The second-order valence-corrected chi connectivity index (χ2v) is 4.19. The number of para-hydroxylation sites is 2. The number of benzene rings is 1. The maximum Gasteiger partial charge on any atom is 0.145 e. The number of hydrogen-bond donors (Lipinski definition) is 1. The predicted molar refractivity (Wildman–Crippen MR) is 67.9 cm³/mol. The maximum atomic E-state index is 5.74. The molecule has 1 atom stereocenters. The molecule has 0 aliphatic heterocycles. The standard InChI is InChI=1S/C12H14ClN3/c1-9(6-13)7-15-12-8-14-10-4-2-3-5-11(10)16-12/h2-5,8-9H,6-7H2,1H3,(H,15,16). The van der Waals surface area contributed by atoms with E-state index in [1.165, 1.54) is 0 Å². The van der Waals surface area contributed by atoms with Gasteiger partial charge >= 0.3 is 0 Å². The van der Waals surface area contributed by atoms with Crippen LogP contribution in [0.5, 0.6) is 0 Å². The molecule has 84 valence electrons. The van der Waals surface area contributed by atoms with E-state index in [2.05, 4.69) is 22.2 Å². The van der Waals surface area contributed by atoms with Crippen LogP contribution in [0.2, 0.25) is 0 Å². The van der Waals surface area contributed by atoms with Gasteiger partial charge in [0, 0.05) is 12.4 Å². The Hall–Kier alpha value is -1.35. The summed E-state index contributed by atoms with van der Waals surface area (Å²) in [6.45, 7) is 2.91. The Morgan fingerprint density at radius 1 is 1.31 bits per heavy atom. The zero-order valence-electron chi connectivity index (χ0n) is 9.15. The molecule has 0 fully saturated rings. The van der Waals surface area contributed by atoms with Crippen LogP contribution in [-0.4, -0.2) is 22.4 Å². The van der Waals surface area contributed by atoms with Gasteiger partial charge in [0.1, 0.15) is 5.82 Å². The van der Waals surface area contributed by atoms with Gasteiger partial charge in [0.05, 0.1) is 17.2 Å². The molecule has 1 aromatic heterocycles. The lowest BCUT2D eigenvalue weighted by Crippen LogP contribution is -2.13. The number of anilines is 1. The molecule has 1 N–H and O–H groups in total. The van der Waals surface area contributed by atoms with Crippen LogP contribution < -0.4 is 5.32 Å². The molecule has 2 aromatic rings. The molecule has 0 amide bonds. The molecule has 0 aliphatic rings. The predicted octanol–water partition coefficient (Wildman–Crippen LogP) is 2.92. The highest BCUT2D eigenvalue weighted by Crippen LogP contribution is 2.11. The van der Waals surface area contributed by atoms with E-state index in [-0.39, 0.29) is 0 Å². The Morgan fingerprint density at radius 3 is 2.81 bits per heavy atom. The Kier molecular flexibility index (Phi) is 3.57. The zero-order valence-corrected chi connectivity index (χ0v) is 9.91. The highest BCUT2D eigenvalue weighted by Gasteiger charge is 2.01. The summed E-state index contributed by atoms with van der Waals surface area (Å²) in [4.78, 5) is 8.79. The van der Waals surface area contributed by atoms with Crippen molar-refractivity contribution in [2.24, 2.45) is 5.92 Å². The second-order valence-electron chi connectivity index (χ2n) is 3.88. The van der Waals surface area contributed by atoms with Gasteiger partial charge in [-0.25, -0.2) is 4.98 Å². The van der Waals surface area contributed by atoms with Gasteiger partial charge in [-0.15, -0.1) is 11.6 Å². The minimum atomic E-state index is 0.426. The SMILES string of the molecule is CC(CCl)CNc1cnc2ccccc2n1. The van der Waals surface area contributed by atoms with Crippen molar-refractivity contribution in [3.05, 3.63) is 30.5 Å². The van der Waals surface area contributed by atoms with E-state index in [4.69, 9.17) is 11.6 Å². The molecule has 0 saturated carbocycles. The smallest absolute Gasteiger partial charge is 0.145 e. The van der Waals surface area contributed by atoms with Crippen LogP contribution in [0.25, 0.3) is 11.0 Å². The molecule has 0 bridgehead atoms. The fraction of sp³-hybridized carbons (Fsp3) is 0.333. The minimum Gasteiger partial charge on any atom is -0.368 e. The average Bonchev–Trinajstić information content (AvgIpc) is 2.35. The molecule has 0 spiro atoms. The Bertz CT molecular complexity index is 473. The number of rotatable bonds is 4. The van der Waals surface area contributed by atoms with Crippen LogP contribution >= 0.6 is 11.6 Å². The third-order valence-corrected chi connectivity index (χ3v) is 2.87. The third kappa shape index (κ3) is 2.61. The molecule has 16 heavy (non-hydrogen) atoms. The fourth-order valence-electron chi connectivity index (χ4n) is 1.38. The number of alkyl halides is 1. The van der Waals surface area contributed by atoms with E-state index >= 15 is 0 Å². The number of fused-ring (bicyclic) bond motifs is 1. The zero-order chi connectivity index (χ0) is 11.4. The van der Waals surface area contributed by atoms with E-state index in [0.29, 0.717) is 11.8 Å². The summed E-state index contributed by atoms with van der Waals surface area (Å²) in [7, 11) is 0. The first-order chi connectivity index (χ1) is 7.79. The van der Waals surface area contributed by atoms with Gasteiger partial charge in [0.2, 0.25) is 0 Å². The number of halogens is 1. The van der Waals surface area contributed by atoms with E-state index in [9.17, 15) is 0 Å². The van der Waals surface area contributed by atoms with Gasteiger partial charge in [-0.2, -0.15) is 0 Å². The molecule has 1 heterocycles. The van der Waals surface area contributed by atoms with Gasteiger partial charge in [-0.3, -0.25) is 4.98 Å². The Balaban J connectivity index is 2.13. The lowest BCUT2D eigenvalue weighted by atomic mass is 10.2. The number of hydrogen-bond acceptors (Lipinski definition) is 3. The highest BCUT2D eigenvalue weighted by molar-refractivity contribution is 6.18. The molecular formula is C12H14ClN3. The maximum absolute atomic E-state index is 5.74. The molecule has 1 unspecified atom stereocenters. The first-order valence-electron chi connectivity index (χ1n) is 5.31. The summed E-state index contributed by atoms with van der Waals surface area (Å²) in [6.07, 6.45) is 1.75. The van der Waals surface area contributed by atoms with Crippen molar-refractivity contribution in [2.75, 3.05) is 17.7 Å². The van der Waals surface area contributed by atoms with Crippen molar-refractivity contribution in [2.45, 2.75) is 6.92 Å². The average molecular weight is 236 g/mol. The van der Waals surface area contributed by atoms with Gasteiger partial charge in [-0.05, 0) is 18.1 Å². The van der Waals surface area contributed by atoms with Crippen LogP contribution in [0.15, 0.2) is 30.5 Å². The first kappa shape index (κ1) is 11.1. The van der Waals surface area contributed by atoms with Gasteiger partial charge < -0.3 is 5.32 Å². The first-order valence-corrected chi connectivity index (χ1v) is 5.84. The van der Waals surface area contributed by atoms with Crippen LogP contribution in [-0.2, 0) is 0 Å². The summed E-state index contributed by atoms with van der Waals surface area (Å²) in [5.41, 5.74) is 1.82. The minimum absolute atomic E-state index is 0.426. The normalized spacial score (nSPS) is 12.6. The lowest BCUT2D eigenvalue weighted by molar-refractivity contribution is 0.694. The number of nitrogens with one attached hydrogen (secondary N) is 1.